The molecule has 0 aliphatic carbocycles. The molecule has 150 valence electrons. The summed E-state index contributed by atoms with van der Waals surface area (Å²) in [6, 6.07) is 19.1. The second kappa shape index (κ2) is 8.08. The fraction of sp³-hybridized carbons (Fsp3) is 0.125. The van der Waals surface area contributed by atoms with Crippen LogP contribution in [0.1, 0.15) is 27.0 Å². The summed E-state index contributed by atoms with van der Waals surface area (Å²) in [6.45, 7) is 5.88. The Hall–Kier alpha value is -3.51. The van der Waals surface area contributed by atoms with E-state index in [2.05, 4.69) is 15.6 Å². The number of amides is 1. The summed E-state index contributed by atoms with van der Waals surface area (Å²) in [7, 11) is 0. The third kappa shape index (κ3) is 4.09. The van der Waals surface area contributed by atoms with Gasteiger partial charge >= 0.3 is 0 Å². The highest BCUT2D eigenvalue weighted by molar-refractivity contribution is 7.80. The Bertz CT molecular complexity index is 1280. The van der Waals surface area contributed by atoms with E-state index in [1.165, 1.54) is 0 Å². The van der Waals surface area contributed by atoms with Gasteiger partial charge in [0, 0.05) is 16.8 Å². The summed E-state index contributed by atoms with van der Waals surface area (Å²) in [5.74, 6) is 0.294. The maximum Gasteiger partial charge on any atom is 0.257 e. The van der Waals surface area contributed by atoms with Crippen LogP contribution in [0.2, 0.25) is 0 Å². The first-order valence-electron chi connectivity index (χ1n) is 9.57. The van der Waals surface area contributed by atoms with Crippen molar-refractivity contribution in [2.24, 2.45) is 0 Å². The predicted octanol–water partition coefficient (Wildman–Crippen LogP) is 5.55. The van der Waals surface area contributed by atoms with Crippen molar-refractivity contribution in [1.29, 1.82) is 0 Å². The fourth-order valence-corrected chi connectivity index (χ4v) is 3.40. The Balaban J connectivity index is 1.55. The Kier molecular flexibility index (Phi) is 5.33. The molecular weight excluding hydrogens is 394 g/mol. The molecule has 0 atom stereocenters. The van der Waals surface area contributed by atoms with Crippen molar-refractivity contribution in [1.82, 2.24) is 10.3 Å². The van der Waals surface area contributed by atoms with E-state index in [-0.39, 0.29) is 11.0 Å². The van der Waals surface area contributed by atoms with Crippen molar-refractivity contribution in [2.75, 3.05) is 5.32 Å². The molecular formula is C24H21N3O2S. The summed E-state index contributed by atoms with van der Waals surface area (Å²) < 4.78 is 5.90. The van der Waals surface area contributed by atoms with E-state index in [0.29, 0.717) is 11.5 Å². The molecule has 0 radical (unpaired) electrons. The van der Waals surface area contributed by atoms with Crippen LogP contribution in [-0.4, -0.2) is 16.0 Å². The van der Waals surface area contributed by atoms with E-state index >= 15 is 0 Å². The first-order valence-corrected chi connectivity index (χ1v) is 9.98. The molecule has 30 heavy (non-hydrogen) atoms. The lowest BCUT2D eigenvalue weighted by molar-refractivity contribution is 0.0977. The van der Waals surface area contributed by atoms with Crippen molar-refractivity contribution in [3.8, 4) is 11.5 Å². The average molecular weight is 416 g/mol. The van der Waals surface area contributed by atoms with Crippen molar-refractivity contribution in [2.45, 2.75) is 20.8 Å². The maximum atomic E-state index is 12.5. The van der Waals surface area contributed by atoms with Crippen molar-refractivity contribution in [3.63, 3.8) is 0 Å². The van der Waals surface area contributed by atoms with Gasteiger partial charge in [-0.1, -0.05) is 30.3 Å². The number of fused-ring (bicyclic) bond motifs is 1. The largest absolute Gasteiger partial charge is 0.436 e. The second-order valence-corrected chi connectivity index (χ2v) is 7.65. The van der Waals surface area contributed by atoms with Gasteiger partial charge in [-0.3, -0.25) is 10.1 Å². The van der Waals surface area contributed by atoms with Crippen LogP contribution in [0, 0.1) is 20.8 Å². The molecule has 0 spiro atoms. The number of carbonyl (C=O) groups excluding carboxylic acids is 1. The first kappa shape index (κ1) is 19.8. The number of nitrogens with zero attached hydrogens (tertiary/aromatic N) is 1. The van der Waals surface area contributed by atoms with Crippen LogP contribution in [0.5, 0.6) is 0 Å². The second-order valence-electron chi connectivity index (χ2n) is 7.24. The van der Waals surface area contributed by atoms with Gasteiger partial charge in [-0.25, -0.2) is 4.98 Å². The summed E-state index contributed by atoms with van der Waals surface area (Å²) in [4.78, 5) is 17.1. The molecule has 4 rings (SSSR count). The molecule has 4 aromatic rings. The van der Waals surface area contributed by atoms with Crippen molar-refractivity contribution >= 4 is 40.0 Å². The molecule has 1 amide bonds. The molecule has 0 saturated carbocycles. The highest BCUT2D eigenvalue weighted by Gasteiger charge is 2.13. The third-order valence-corrected chi connectivity index (χ3v) is 5.10. The molecule has 0 saturated heterocycles. The summed E-state index contributed by atoms with van der Waals surface area (Å²) >= 11 is 5.36. The molecule has 0 unspecified atom stereocenters. The minimum atomic E-state index is -0.242. The van der Waals surface area contributed by atoms with Gasteiger partial charge in [0.1, 0.15) is 5.52 Å². The van der Waals surface area contributed by atoms with Gasteiger partial charge in [0.2, 0.25) is 5.89 Å². The number of aromatic nitrogens is 1. The van der Waals surface area contributed by atoms with E-state index < -0.39 is 0 Å². The molecule has 0 fully saturated rings. The average Bonchev–Trinajstić information content (AvgIpc) is 3.13. The number of nitrogens with one attached hydrogen (secondary N) is 2. The standard InChI is InChI=1S/C24H21N3O2S/c1-14-8-11-21-20(12-14)25-23(29-21)17-10-9-16(3)19(13-17)26-24(30)27-22(28)18-7-5-4-6-15(18)2/h4-13H,1-3H3,(H2,26,27,28,30). The van der Waals surface area contributed by atoms with Gasteiger partial charge in [-0.2, -0.15) is 0 Å². The highest BCUT2D eigenvalue weighted by Crippen LogP contribution is 2.28. The zero-order valence-corrected chi connectivity index (χ0v) is 17.8. The van der Waals surface area contributed by atoms with Gasteiger partial charge in [0.25, 0.3) is 5.91 Å². The molecule has 5 nitrogen and oxygen atoms in total. The fourth-order valence-electron chi connectivity index (χ4n) is 3.20. The third-order valence-electron chi connectivity index (χ3n) is 4.89. The van der Waals surface area contributed by atoms with Crippen LogP contribution in [0.3, 0.4) is 0 Å². The van der Waals surface area contributed by atoms with Gasteiger partial charge in [0.05, 0.1) is 0 Å². The smallest absolute Gasteiger partial charge is 0.257 e. The van der Waals surface area contributed by atoms with Crippen LogP contribution < -0.4 is 10.6 Å². The zero-order chi connectivity index (χ0) is 21.3. The number of thiocarbonyl (C=S) groups is 1. The quantitative estimate of drug-likeness (QED) is 0.430. The summed E-state index contributed by atoms with van der Waals surface area (Å²) in [5, 5.41) is 6.09. The molecule has 3 aromatic carbocycles. The monoisotopic (exact) mass is 415 g/mol. The molecule has 0 aliphatic heterocycles. The predicted molar refractivity (Wildman–Crippen MR) is 124 cm³/mol. The SMILES string of the molecule is Cc1ccc2oc(-c3ccc(C)c(NC(=S)NC(=O)c4ccccc4C)c3)nc2c1. The van der Waals surface area contributed by atoms with E-state index in [1.54, 1.807) is 6.07 Å². The van der Waals surface area contributed by atoms with Crippen LogP contribution >= 0.6 is 12.2 Å². The van der Waals surface area contributed by atoms with E-state index in [1.807, 2.05) is 75.4 Å². The Morgan fingerprint density at radius 2 is 1.77 bits per heavy atom. The van der Waals surface area contributed by atoms with Crippen LogP contribution in [-0.2, 0) is 0 Å². The van der Waals surface area contributed by atoms with E-state index in [4.69, 9.17) is 16.6 Å². The topological polar surface area (TPSA) is 67.2 Å². The number of carbonyl (C=O) groups is 1. The Morgan fingerprint density at radius 1 is 0.967 bits per heavy atom. The first-order chi connectivity index (χ1) is 14.4. The number of benzene rings is 3. The number of anilines is 1. The van der Waals surface area contributed by atoms with E-state index in [0.717, 1.165) is 39.0 Å². The molecule has 1 aromatic heterocycles. The summed E-state index contributed by atoms with van der Waals surface area (Å²) in [6.07, 6.45) is 0. The number of hydrogen-bond acceptors (Lipinski definition) is 4. The lowest BCUT2D eigenvalue weighted by atomic mass is 10.1. The minimum Gasteiger partial charge on any atom is -0.436 e. The maximum absolute atomic E-state index is 12.5. The molecule has 0 aliphatic rings. The highest BCUT2D eigenvalue weighted by atomic mass is 32.1. The van der Waals surface area contributed by atoms with Gasteiger partial charge in [-0.15, -0.1) is 0 Å². The van der Waals surface area contributed by atoms with Crippen molar-refractivity contribution < 1.29 is 9.21 Å². The zero-order valence-electron chi connectivity index (χ0n) is 16.9. The molecule has 6 heteroatoms. The number of rotatable bonds is 3. The number of oxazole rings is 1. The Labute approximate surface area is 180 Å². The van der Waals surface area contributed by atoms with Crippen LogP contribution in [0.15, 0.2) is 65.1 Å². The Morgan fingerprint density at radius 3 is 2.57 bits per heavy atom. The lowest BCUT2D eigenvalue weighted by Gasteiger charge is -2.13. The number of aryl methyl sites for hydroxylation is 3. The summed E-state index contributed by atoms with van der Waals surface area (Å²) in [5.41, 5.74) is 6.76. The molecule has 0 bridgehead atoms. The van der Waals surface area contributed by atoms with Gasteiger partial charge in [-0.05, 0) is 80.0 Å². The molecule has 2 N–H and O–H groups in total. The lowest BCUT2D eigenvalue weighted by Crippen LogP contribution is -2.34. The number of hydrogen-bond donors (Lipinski definition) is 2. The van der Waals surface area contributed by atoms with Crippen molar-refractivity contribution in [3.05, 3.63) is 82.9 Å². The minimum absolute atomic E-state index is 0.233. The van der Waals surface area contributed by atoms with Crippen LogP contribution in [0.4, 0.5) is 5.69 Å². The van der Waals surface area contributed by atoms with Gasteiger partial charge < -0.3 is 9.73 Å². The molecule has 1 heterocycles. The normalized spacial score (nSPS) is 10.8. The van der Waals surface area contributed by atoms with Gasteiger partial charge in [0.15, 0.2) is 10.7 Å². The van der Waals surface area contributed by atoms with E-state index in [9.17, 15) is 4.79 Å². The van der Waals surface area contributed by atoms with Crippen LogP contribution in [0.25, 0.3) is 22.6 Å².